The van der Waals surface area contributed by atoms with Gasteiger partial charge in [-0.2, -0.15) is 0 Å². The largest absolute Gasteiger partial charge is 0.344 e. The predicted molar refractivity (Wildman–Crippen MR) is 73.9 cm³/mol. The van der Waals surface area contributed by atoms with Crippen LogP contribution in [0.2, 0.25) is 0 Å². The zero-order valence-corrected chi connectivity index (χ0v) is 11.3. The normalized spacial score (nSPS) is 11.9. The first-order valence-electron chi connectivity index (χ1n) is 6.28. The highest BCUT2D eigenvalue weighted by molar-refractivity contribution is 5.78. The maximum Gasteiger partial charge on any atom is 0.234 e. The van der Waals surface area contributed by atoms with Gasteiger partial charge in [0.15, 0.2) is 0 Å². The summed E-state index contributed by atoms with van der Waals surface area (Å²) in [5.74, 6) is 2.00. The van der Waals surface area contributed by atoms with Crippen molar-refractivity contribution in [2.24, 2.45) is 0 Å². The Hall–Kier alpha value is -1.86. The molecule has 0 aliphatic carbocycles. The van der Waals surface area contributed by atoms with Crippen LogP contribution in [0.4, 0.5) is 4.39 Å². The number of hydrogen-bond acceptors (Lipinski definition) is 2. The number of carbonyl (C=O) groups excluding carboxylic acids is 1. The molecule has 0 unspecified atom stereocenters. The molecule has 102 valence electrons. The van der Waals surface area contributed by atoms with E-state index >= 15 is 0 Å². The number of terminal acetylenes is 1. The lowest BCUT2D eigenvalue weighted by atomic mass is 10.1. The Bertz CT molecular complexity index is 450. The second-order valence-electron chi connectivity index (χ2n) is 4.27. The molecule has 0 aromatic heterocycles. The maximum atomic E-state index is 12.9. The summed E-state index contributed by atoms with van der Waals surface area (Å²) in [5.41, 5.74) is 0.980. The fourth-order valence-corrected chi connectivity index (χ4v) is 1.86. The second kappa shape index (κ2) is 7.55. The molecule has 4 heteroatoms. The minimum Gasteiger partial charge on any atom is -0.344 e. The van der Waals surface area contributed by atoms with Gasteiger partial charge in [-0.05, 0) is 31.2 Å². The predicted octanol–water partition coefficient (Wildman–Crippen LogP) is 1.96. The SMILES string of the molecule is C#CCNC(=O)CN(CC)[C@H](C)c1ccc(F)cc1. The molecule has 0 aliphatic heterocycles. The van der Waals surface area contributed by atoms with E-state index in [2.05, 4.69) is 11.2 Å². The van der Waals surface area contributed by atoms with E-state index in [1.807, 2.05) is 18.7 Å². The molecule has 1 aromatic carbocycles. The van der Waals surface area contributed by atoms with Crippen molar-refractivity contribution >= 4 is 5.91 Å². The summed E-state index contributed by atoms with van der Waals surface area (Å²) in [4.78, 5) is 13.7. The number of hydrogen-bond donors (Lipinski definition) is 1. The van der Waals surface area contributed by atoms with Gasteiger partial charge in [0, 0.05) is 6.04 Å². The minimum absolute atomic E-state index is 0.0437. The number of carbonyl (C=O) groups is 1. The van der Waals surface area contributed by atoms with Crippen LogP contribution >= 0.6 is 0 Å². The molecule has 1 N–H and O–H groups in total. The number of halogens is 1. The third kappa shape index (κ3) is 4.72. The van der Waals surface area contributed by atoms with Crippen LogP contribution < -0.4 is 5.32 Å². The van der Waals surface area contributed by atoms with Crippen molar-refractivity contribution in [3.05, 3.63) is 35.6 Å². The number of likely N-dealkylation sites (N-methyl/N-ethyl adjacent to an activating group) is 1. The Morgan fingerprint density at radius 1 is 1.47 bits per heavy atom. The summed E-state index contributed by atoms with van der Waals surface area (Å²) in [6.45, 7) is 5.21. The zero-order chi connectivity index (χ0) is 14.3. The van der Waals surface area contributed by atoms with Crippen molar-refractivity contribution in [1.82, 2.24) is 10.2 Å². The van der Waals surface area contributed by atoms with Gasteiger partial charge in [-0.25, -0.2) is 4.39 Å². The second-order valence-corrected chi connectivity index (χ2v) is 4.27. The summed E-state index contributed by atoms with van der Waals surface area (Å²) < 4.78 is 12.9. The number of amides is 1. The van der Waals surface area contributed by atoms with Crippen molar-refractivity contribution in [3.8, 4) is 12.3 Å². The van der Waals surface area contributed by atoms with Crippen LogP contribution in [-0.2, 0) is 4.79 Å². The van der Waals surface area contributed by atoms with Gasteiger partial charge in [0.05, 0.1) is 13.1 Å². The first kappa shape index (κ1) is 15.2. The Morgan fingerprint density at radius 2 is 2.11 bits per heavy atom. The average Bonchev–Trinajstić information content (AvgIpc) is 2.42. The van der Waals surface area contributed by atoms with Crippen LogP contribution in [0.15, 0.2) is 24.3 Å². The third-order valence-corrected chi connectivity index (χ3v) is 3.04. The molecule has 0 heterocycles. The molecule has 0 saturated carbocycles. The molecule has 3 nitrogen and oxygen atoms in total. The molecule has 0 spiro atoms. The van der Waals surface area contributed by atoms with E-state index < -0.39 is 0 Å². The average molecular weight is 262 g/mol. The van der Waals surface area contributed by atoms with Crippen molar-refractivity contribution < 1.29 is 9.18 Å². The summed E-state index contributed by atoms with van der Waals surface area (Å²) in [6.07, 6.45) is 5.09. The smallest absolute Gasteiger partial charge is 0.234 e. The molecule has 1 atom stereocenters. The molecule has 19 heavy (non-hydrogen) atoms. The fourth-order valence-electron chi connectivity index (χ4n) is 1.86. The summed E-state index contributed by atoms with van der Waals surface area (Å²) >= 11 is 0. The molecule has 0 aliphatic rings. The highest BCUT2D eigenvalue weighted by Crippen LogP contribution is 2.19. The molecule has 0 saturated heterocycles. The van der Waals surface area contributed by atoms with Crippen molar-refractivity contribution in [2.75, 3.05) is 19.6 Å². The molecule has 0 fully saturated rings. The van der Waals surface area contributed by atoms with Crippen LogP contribution in [0.5, 0.6) is 0 Å². The monoisotopic (exact) mass is 262 g/mol. The quantitative estimate of drug-likeness (QED) is 0.795. The van der Waals surface area contributed by atoms with Gasteiger partial charge in [0.2, 0.25) is 5.91 Å². The van der Waals surface area contributed by atoms with E-state index in [1.54, 1.807) is 12.1 Å². The van der Waals surface area contributed by atoms with Gasteiger partial charge in [0.1, 0.15) is 5.82 Å². The van der Waals surface area contributed by atoms with E-state index in [-0.39, 0.29) is 30.9 Å². The van der Waals surface area contributed by atoms with Gasteiger partial charge in [0.25, 0.3) is 0 Å². The summed E-state index contributed by atoms with van der Waals surface area (Å²) in [7, 11) is 0. The van der Waals surface area contributed by atoms with Gasteiger partial charge >= 0.3 is 0 Å². The highest BCUT2D eigenvalue weighted by atomic mass is 19.1. The minimum atomic E-state index is -0.259. The van der Waals surface area contributed by atoms with Crippen molar-refractivity contribution in [3.63, 3.8) is 0 Å². The Morgan fingerprint density at radius 3 is 2.63 bits per heavy atom. The molecule has 0 bridgehead atoms. The van der Waals surface area contributed by atoms with Crippen LogP contribution in [0, 0.1) is 18.2 Å². The van der Waals surface area contributed by atoms with Crippen LogP contribution in [-0.4, -0.2) is 30.4 Å². The van der Waals surface area contributed by atoms with E-state index in [0.29, 0.717) is 0 Å². The lowest BCUT2D eigenvalue weighted by molar-refractivity contribution is -0.122. The molecular weight excluding hydrogens is 243 g/mol. The lowest BCUT2D eigenvalue weighted by Gasteiger charge is -2.27. The van der Waals surface area contributed by atoms with Gasteiger partial charge < -0.3 is 5.32 Å². The van der Waals surface area contributed by atoms with Crippen molar-refractivity contribution in [2.45, 2.75) is 19.9 Å². The van der Waals surface area contributed by atoms with E-state index in [9.17, 15) is 9.18 Å². The summed E-state index contributed by atoms with van der Waals surface area (Å²) in [6, 6.07) is 6.38. The molecule has 0 radical (unpaired) electrons. The fraction of sp³-hybridized carbons (Fsp3) is 0.400. The van der Waals surface area contributed by atoms with E-state index in [0.717, 1.165) is 12.1 Å². The third-order valence-electron chi connectivity index (χ3n) is 3.04. The zero-order valence-electron chi connectivity index (χ0n) is 11.3. The van der Waals surface area contributed by atoms with Gasteiger partial charge in [-0.1, -0.05) is 25.0 Å². The van der Waals surface area contributed by atoms with E-state index in [1.165, 1.54) is 12.1 Å². The molecule has 1 rings (SSSR count). The number of nitrogens with zero attached hydrogens (tertiary/aromatic N) is 1. The topological polar surface area (TPSA) is 32.3 Å². The first-order valence-corrected chi connectivity index (χ1v) is 6.28. The first-order chi connectivity index (χ1) is 9.08. The molecule has 1 amide bonds. The van der Waals surface area contributed by atoms with Gasteiger partial charge in [-0.3, -0.25) is 9.69 Å². The van der Waals surface area contributed by atoms with Crippen LogP contribution in [0.1, 0.15) is 25.5 Å². The van der Waals surface area contributed by atoms with Crippen LogP contribution in [0.25, 0.3) is 0 Å². The standard InChI is InChI=1S/C15H19FN2O/c1-4-10-17-15(19)11-18(5-2)12(3)13-6-8-14(16)9-7-13/h1,6-9,12H,5,10-11H2,2-3H3,(H,17,19)/t12-/m1/s1. The van der Waals surface area contributed by atoms with Gasteiger partial charge in [-0.15, -0.1) is 6.42 Å². The lowest BCUT2D eigenvalue weighted by Crippen LogP contribution is -2.38. The number of nitrogens with one attached hydrogen (secondary N) is 1. The van der Waals surface area contributed by atoms with E-state index in [4.69, 9.17) is 6.42 Å². The molecule has 1 aromatic rings. The molecular formula is C15H19FN2O. The number of benzene rings is 1. The Labute approximate surface area is 113 Å². The number of rotatable bonds is 6. The highest BCUT2D eigenvalue weighted by Gasteiger charge is 2.16. The van der Waals surface area contributed by atoms with Crippen molar-refractivity contribution in [1.29, 1.82) is 0 Å². The van der Waals surface area contributed by atoms with Crippen LogP contribution in [0.3, 0.4) is 0 Å². The summed E-state index contributed by atoms with van der Waals surface area (Å²) in [5, 5.41) is 2.64. The Kier molecular flexibility index (Phi) is 6.04. The maximum absolute atomic E-state index is 12.9. The Balaban J connectivity index is 2.66.